The Morgan fingerprint density at radius 1 is 0.838 bits per heavy atom. The Morgan fingerprint density at radius 2 is 1.46 bits per heavy atom. The fourth-order valence-electron chi connectivity index (χ4n) is 3.58. The summed E-state index contributed by atoms with van der Waals surface area (Å²) in [4.78, 5) is 61.3. The van der Waals surface area contributed by atoms with Crippen LogP contribution in [-0.4, -0.2) is 70.6 Å². The molecule has 0 aromatic heterocycles. The van der Waals surface area contributed by atoms with Gasteiger partial charge in [-0.2, -0.15) is 0 Å². The van der Waals surface area contributed by atoms with E-state index < -0.39 is 66.2 Å². The van der Waals surface area contributed by atoms with E-state index in [4.69, 9.17) is 16.6 Å². The van der Waals surface area contributed by atoms with E-state index in [2.05, 4.69) is 16.0 Å². The molecule has 0 aliphatic carbocycles. The van der Waals surface area contributed by atoms with Gasteiger partial charge in [-0.3, -0.25) is 19.2 Å². The standard InChI is InChI=1S/C25H39N5O7/c1-15(2)21(24(35)29-19(25(36)37)10-6-7-13-26)30-23(34)18(11-12-20(31)32)28-22(33)17(27)14-16-8-4-3-5-9-16/h3-5,8-9,15,17-19,21H,6-7,10-14,26-27H2,1-2H3,(H,28,33)(H,29,35)(H,30,34)(H,31,32)(H,36,37). The minimum absolute atomic E-state index is 0.174. The Bertz CT molecular complexity index is 910. The van der Waals surface area contributed by atoms with E-state index in [0.29, 0.717) is 19.4 Å². The first-order valence-electron chi connectivity index (χ1n) is 12.3. The number of unbranched alkanes of at least 4 members (excludes halogenated alkanes) is 1. The largest absolute Gasteiger partial charge is 0.481 e. The average molecular weight is 522 g/mol. The molecule has 4 unspecified atom stereocenters. The molecule has 0 saturated heterocycles. The molecule has 9 N–H and O–H groups in total. The van der Waals surface area contributed by atoms with Gasteiger partial charge in [0.15, 0.2) is 0 Å². The van der Waals surface area contributed by atoms with Crippen LogP contribution in [-0.2, 0) is 30.4 Å². The number of carbonyl (C=O) groups excluding carboxylic acids is 3. The van der Waals surface area contributed by atoms with Gasteiger partial charge in [-0.1, -0.05) is 44.2 Å². The lowest BCUT2D eigenvalue weighted by atomic mass is 10.0. The molecule has 0 radical (unpaired) electrons. The second kappa shape index (κ2) is 16.3. The van der Waals surface area contributed by atoms with Crippen LogP contribution >= 0.6 is 0 Å². The Morgan fingerprint density at radius 3 is 2.00 bits per heavy atom. The van der Waals surface area contributed by atoms with Crippen LogP contribution in [0.1, 0.15) is 51.5 Å². The number of amides is 3. The summed E-state index contributed by atoms with van der Waals surface area (Å²) in [5.74, 6) is -4.93. The van der Waals surface area contributed by atoms with Gasteiger partial charge in [-0.25, -0.2) is 4.79 Å². The molecule has 0 heterocycles. The molecule has 0 aliphatic rings. The molecule has 12 heteroatoms. The molecule has 12 nitrogen and oxygen atoms in total. The number of hydrogen-bond acceptors (Lipinski definition) is 7. The van der Waals surface area contributed by atoms with Gasteiger partial charge in [0.1, 0.15) is 18.1 Å². The molecule has 1 aromatic carbocycles. The summed E-state index contributed by atoms with van der Waals surface area (Å²) >= 11 is 0. The predicted octanol–water partition coefficient (Wildman–Crippen LogP) is -0.255. The van der Waals surface area contributed by atoms with E-state index in [-0.39, 0.29) is 19.3 Å². The SMILES string of the molecule is CC(C)C(NC(=O)C(CCC(=O)O)NC(=O)C(N)Cc1ccccc1)C(=O)NC(CCCCN)C(=O)O. The smallest absolute Gasteiger partial charge is 0.326 e. The molecule has 0 spiro atoms. The maximum atomic E-state index is 13.1. The van der Waals surface area contributed by atoms with Crippen LogP contribution < -0.4 is 27.4 Å². The van der Waals surface area contributed by atoms with E-state index in [0.717, 1.165) is 5.56 Å². The topological polar surface area (TPSA) is 214 Å². The van der Waals surface area contributed by atoms with Crippen molar-refractivity contribution < 1.29 is 34.2 Å². The highest BCUT2D eigenvalue weighted by Crippen LogP contribution is 2.09. The summed E-state index contributed by atoms with van der Waals surface area (Å²) in [6.45, 7) is 3.72. The molecular weight excluding hydrogens is 482 g/mol. The molecule has 0 fully saturated rings. The van der Waals surface area contributed by atoms with Gasteiger partial charge in [0.25, 0.3) is 0 Å². The van der Waals surface area contributed by atoms with Gasteiger partial charge in [-0.05, 0) is 50.1 Å². The number of rotatable bonds is 17. The maximum Gasteiger partial charge on any atom is 0.326 e. The summed E-state index contributed by atoms with van der Waals surface area (Å²) in [7, 11) is 0. The molecule has 4 atom stereocenters. The van der Waals surface area contributed by atoms with Crippen LogP contribution in [0.5, 0.6) is 0 Å². The summed E-state index contributed by atoms with van der Waals surface area (Å²) in [5.41, 5.74) is 12.3. The first kappa shape index (κ1) is 31.5. The maximum absolute atomic E-state index is 13.1. The Hall–Kier alpha value is -3.51. The highest BCUT2D eigenvalue weighted by Gasteiger charge is 2.32. The van der Waals surface area contributed by atoms with Gasteiger partial charge in [-0.15, -0.1) is 0 Å². The van der Waals surface area contributed by atoms with Crippen LogP contribution in [0.25, 0.3) is 0 Å². The van der Waals surface area contributed by atoms with Gasteiger partial charge in [0.2, 0.25) is 17.7 Å². The van der Waals surface area contributed by atoms with Crippen molar-refractivity contribution >= 4 is 29.7 Å². The van der Waals surface area contributed by atoms with Gasteiger partial charge in [0, 0.05) is 6.42 Å². The van der Waals surface area contributed by atoms with E-state index in [1.54, 1.807) is 38.1 Å². The quantitative estimate of drug-likeness (QED) is 0.134. The summed E-state index contributed by atoms with van der Waals surface area (Å²) < 4.78 is 0. The van der Waals surface area contributed by atoms with Crippen molar-refractivity contribution in [3.05, 3.63) is 35.9 Å². The molecule has 0 saturated carbocycles. The molecular formula is C25H39N5O7. The fourth-order valence-corrected chi connectivity index (χ4v) is 3.58. The van der Waals surface area contributed by atoms with Crippen molar-refractivity contribution in [1.82, 2.24) is 16.0 Å². The monoisotopic (exact) mass is 521 g/mol. The molecule has 1 rings (SSSR count). The zero-order valence-corrected chi connectivity index (χ0v) is 21.3. The first-order valence-corrected chi connectivity index (χ1v) is 12.3. The number of carboxylic acids is 2. The van der Waals surface area contributed by atoms with Crippen molar-refractivity contribution in [1.29, 1.82) is 0 Å². The summed E-state index contributed by atoms with van der Waals surface area (Å²) in [5, 5.41) is 26.0. The number of benzene rings is 1. The predicted molar refractivity (Wildman–Crippen MR) is 136 cm³/mol. The van der Waals surface area contributed by atoms with E-state index >= 15 is 0 Å². The summed E-state index contributed by atoms with van der Waals surface area (Å²) in [6, 6.07) is 4.49. The van der Waals surface area contributed by atoms with Crippen molar-refractivity contribution in [2.45, 2.75) is 76.5 Å². The van der Waals surface area contributed by atoms with Crippen LogP contribution in [0.4, 0.5) is 0 Å². The summed E-state index contributed by atoms with van der Waals surface area (Å²) in [6.07, 6.45) is 0.840. The molecule has 0 bridgehead atoms. The number of carbonyl (C=O) groups is 5. The zero-order chi connectivity index (χ0) is 28.0. The van der Waals surface area contributed by atoms with Crippen molar-refractivity contribution in [3.63, 3.8) is 0 Å². The Balaban J connectivity index is 2.93. The fraction of sp³-hybridized carbons (Fsp3) is 0.560. The Labute approximate surface area is 216 Å². The molecule has 1 aromatic rings. The third-order valence-electron chi connectivity index (χ3n) is 5.72. The lowest BCUT2D eigenvalue weighted by molar-refractivity contribution is -0.142. The average Bonchev–Trinajstić information content (AvgIpc) is 2.84. The number of nitrogens with two attached hydrogens (primary N) is 2. The molecule has 3 amide bonds. The highest BCUT2D eigenvalue weighted by atomic mass is 16.4. The molecule has 206 valence electrons. The zero-order valence-electron chi connectivity index (χ0n) is 21.3. The van der Waals surface area contributed by atoms with E-state index in [9.17, 15) is 29.1 Å². The number of carboxylic acid groups (broad SMARTS) is 2. The van der Waals surface area contributed by atoms with Crippen molar-refractivity contribution in [2.24, 2.45) is 17.4 Å². The lowest BCUT2D eigenvalue weighted by Gasteiger charge is -2.27. The first-order chi connectivity index (χ1) is 17.5. The van der Waals surface area contributed by atoms with Crippen LogP contribution in [0.15, 0.2) is 30.3 Å². The van der Waals surface area contributed by atoms with Crippen molar-refractivity contribution in [2.75, 3.05) is 6.54 Å². The number of aliphatic carboxylic acids is 2. The van der Waals surface area contributed by atoms with Crippen LogP contribution in [0.3, 0.4) is 0 Å². The van der Waals surface area contributed by atoms with Crippen molar-refractivity contribution in [3.8, 4) is 0 Å². The number of hydrogen-bond donors (Lipinski definition) is 7. The molecule has 0 aliphatic heterocycles. The van der Waals surface area contributed by atoms with Gasteiger partial charge in [0.05, 0.1) is 6.04 Å². The second-order valence-electron chi connectivity index (χ2n) is 9.20. The molecule has 37 heavy (non-hydrogen) atoms. The van der Waals surface area contributed by atoms with E-state index in [1.165, 1.54) is 0 Å². The van der Waals surface area contributed by atoms with Crippen LogP contribution in [0.2, 0.25) is 0 Å². The minimum atomic E-state index is -1.26. The van der Waals surface area contributed by atoms with Gasteiger partial charge < -0.3 is 37.6 Å². The highest BCUT2D eigenvalue weighted by molar-refractivity contribution is 5.94. The van der Waals surface area contributed by atoms with Gasteiger partial charge >= 0.3 is 11.9 Å². The lowest BCUT2D eigenvalue weighted by Crippen LogP contribution is -2.58. The van der Waals surface area contributed by atoms with E-state index in [1.807, 2.05) is 6.07 Å². The number of nitrogens with one attached hydrogen (secondary N) is 3. The van der Waals surface area contributed by atoms with Crippen LogP contribution in [0, 0.1) is 5.92 Å². The Kier molecular flexibility index (Phi) is 13.9. The minimum Gasteiger partial charge on any atom is -0.481 e. The second-order valence-corrected chi connectivity index (χ2v) is 9.20. The third-order valence-corrected chi connectivity index (χ3v) is 5.72. The third kappa shape index (κ3) is 11.8. The normalized spacial score (nSPS) is 14.2.